The fourth-order valence-electron chi connectivity index (χ4n) is 5.68. The van der Waals surface area contributed by atoms with Gasteiger partial charge in [-0.1, -0.05) is 19.1 Å². The first kappa shape index (κ1) is 26.4. The minimum absolute atomic E-state index is 0.0742. The number of benzene rings is 1. The highest BCUT2D eigenvalue weighted by Crippen LogP contribution is 2.47. The van der Waals surface area contributed by atoms with E-state index in [0.29, 0.717) is 35.0 Å². The Kier molecular flexibility index (Phi) is 5.81. The average Bonchev–Trinajstić information content (AvgIpc) is 3.24. The van der Waals surface area contributed by atoms with Crippen LogP contribution in [0.3, 0.4) is 0 Å². The molecule has 1 unspecified atom stereocenters. The predicted octanol–water partition coefficient (Wildman–Crippen LogP) is 5.45. The quantitative estimate of drug-likeness (QED) is 0.283. The molecule has 1 aliphatic rings. The maximum absolute atomic E-state index is 13.4. The van der Waals surface area contributed by atoms with Crippen molar-refractivity contribution in [3.05, 3.63) is 59.8 Å². The van der Waals surface area contributed by atoms with E-state index in [1.54, 1.807) is 10.9 Å². The number of fused-ring (bicyclic) bond motifs is 2. The highest BCUT2D eigenvalue weighted by molar-refractivity contribution is 5.95. The lowest BCUT2D eigenvalue weighted by molar-refractivity contribution is -0.143. The van der Waals surface area contributed by atoms with Crippen molar-refractivity contribution in [3.8, 4) is 28.5 Å². The van der Waals surface area contributed by atoms with E-state index in [-0.39, 0.29) is 5.82 Å². The summed E-state index contributed by atoms with van der Waals surface area (Å²) in [7, 11) is 5.07. The van der Waals surface area contributed by atoms with E-state index in [1.807, 2.05) is 51.5 Å². The van der Waals surface area contributed by atoms with Gasteiger partial charge in [0.1, 0.15) is 11.5 Å². The Hall–Kier alpha value is -4.52. The third-order valence-electron chi connectivity index (χ3n) is 7.88. The lowest BCUT2D eigenvalue weighted by atomic mass is 10.0. The molecular weight excluding hydrogens is 547 g/mol. The van der Waals surface area contributed by atoms with Crippen LogP contribution in [-0.2, 0) is 27.3 Å². The summed E-state index contributed by atoms with van der Waals surface area (Å²) in [5.74, 6) is 1.07. The van der Waals surface area contributed by atoms with Crippen LogP contribution in [0.15, 0.2) is 42.7 Å². The molecule has 0 amide bonds. The van der Waals surface area contributed by atoms with Crippen LogP contribution >= 0.6 is 0 Å². The fraction of sp³-hybridized carbons (Fsp3) is 0.345. The Balaban J connectivity index is 1.41. The Morgan fingerprint density at radius 1 is 1.00 bits per heavy atom. The van der Waals surface area contributed by atoms with Crippen molar-refractivity contribution in [3.63, 3.8) is 0 Å². The maximum atomic E-state index is 13.4. The molecular formula is C29H28F3N9O. The van der Waals surface area contributed by atoms with E-state index in [9.17, 15) is 18.3 Å². The van der Waals surface area contributed by atoms with Crippen molar-refractivity contribution in [2.24, 2.45) is 21.1 Å². The van der Waals surface area contributed by atoms with E-state index < -0.39 is 18.0 Å². The van der Waals surface area contributed by atoms with Gasteiger partial charge in [0.15, 0.2) is 11.5 Å². The topological polar surface area (TPSA) is 104 Å². The zero-order chi connectivity index (χ0) is 29.5. The van der Waals surface area contributed by atoms with Crippen molar-refractivity contribution in [2.45, 2.75) is 44.4 Å². The summed E-state index contributed by atoms with van der Waals surface area (Å²) in [6.45, 7) is 1.90. The molecule has 6 aromatic rings. The third-order valence-corrected chi connectivity index (χ3v) is 7.88. The second-order valence-electron chi connectivity index (χ2n) is 10.9. The van der Waals surface area contributed by atoms with Gasteiger partial charge >= 0.3 is 6.18 Å². The Bertz CT molecular complexity index is 1990. The SMILES string of the molecule is CCC(O)c1nc2nn(C)cc2cc1-c1nc(-c2cccc3nn(-c4cc(C(F)(F)F)n(C)n4)cc23)c(C2CC2)n1C. The number of rotatable bonds is 6. The number of halogens is 3. The normalized spacial score (nSPS) is 14.9. The molecule has 1 fully saturated rings. The van der Waals surface area contributed by atoms with Gasteiger partial charge in [0.25, 0.3) is 0 Å². The van der Waals surface area contributed by atoms with Crippen molar-refractivity contribution < 1.29 is 18.3 Å². The van der Waals surface area contributed by atoms with Crippen LogP contribution in [0.5, 0.6) is 0 Å². The largest absolute Gasteiger partial charge is 0.433 e. The van der Waals surface area contributed by atoms with E-state index >= 15 is 0 Å². The van der Waals surface area contributed by atoms with Crippen LogP contribution in [0.4, 0.5) is 13.2 Å². The van der Waals surface area contributed by atoms with Crippen LogP contribution in [0.2, 0.25) is 0 Å². The zero-order valence-corrected chi connectivity index (χ0v) is 23.4. The number of aliphatic hydroxyl groups is 1. The van der Waals surface area contributed by atoms with Gasteiger partial charge in [-0.05, 0) is 31.4 Å². The van der Waals surface area contributed by atoms with Crippen LogP contribution in [0.25, 0.3) is 50.4 Å². The summed E-state index contributed by atoms with van der Waals surface area (Å²) in [6.07, 6.45) is 0.799. The third kappa shape index (κ3) is 4.18. The predicted molar refractivity (Wildman–Crippen MR) is 150 cm³/mol. The summed E-state index contributed by atoms with van der Waals surface area (Å²) in [6, 6.07) is 8.61. The molecule has 0 saturated heterocycles. The highest BCUT2D eigenvalue weighted by Gasteiger charge is 2.36. The Morgan fingerprint density at radius 2 is 1.79 bits per heavy atom. The fourth-order valence-corrected chi connectivity index (χ4v) is 5.68. The maximum Gasteiger partial charge on any atom is 0.433 e. The minimum atomic E-state index is -4.53. The Labute approximate surface area is 238 Å². The lowest BCUT2D eigenvalue weighted by Crippen LogP contribution is -2.11. The molecule has 0 bridgehead atoms. The number of aromatic nitrogens is 9. The second kappa shape index (κ2) is 9.24. The van der Waals surface area contributed by atoms with Crippen molar-refractivity contribution in [1.29, 1.82) is 0 Å². The summed E-state index contributed by atoms with van der Waals surface area (Å²) in [4.78, 5) is 9.90. The zero-order valence-electron chi connectivity index (χ0n) is 23.4. The molecule has 1 aromatic carbocycles. The number of aliphatic hydroxyl groups excluding tert-OH is 1. The molecule has 216 valence electrons. The van der Waals surface area contributed by atoms with Gasteiger partial charge in [-0.15, -0.1) is 0 Å². The van der Waals surface area contributed by atoms with Gasteiger partial charge in [0, 0.05) is 73.1 Å². The molecule has 1 atom stereocenters. The first-order valence-electron chi connectivity index (χ1n) is 13.7. The van der Waals surface area contributed by atoms with Crippen LogP contribution in [-0.4, -0.2) is 49.0 Å². The van der Waals surface area contributed by atoms with Crippen LogP contribution in [0.1, 0.15) is 55.3 Å². The summed E-state index contributed by atoms with van der Waals surface area (Å²) in [5.41, 5.74) is 4.23. The van der Waals surface area contributed by atoms with Gasteiger partial charge < -0.3 is 9.67 Å². The highest BCUT2D eigenvalue weighted by atomic mass is 19.4. The number of alkyl halides is 3. The molecule has 1 N–H and O–H groups in total. The lowest BCUT2D eigenvalue weighted by Gasteiger charge is -2.13. The average molecular weight is 576 g/mol. The number of pyridine rings is 1. The Morgan fingerprint density at radius 3 is 2.48 bits per heavy atom. The minimum Gasteiger partial charge on any atom is -0.387 e. The van der Waals surface area contributed by atoms with Gasteiger partial charge in [0.2, 0.25) is 0 Å². The van der Waals surface area contributed by atoms with E-state index in [4.69, 9.17) is 9.97 Å². The van der Waals surface area contributed by atoms with Gasteiger partial charge in [0.05, 0.1) is 23.0 Å². The van der Waals surface area contributed by atoms with Crippen molar-refractivity contribution in [1.82, 2.24) is 43.9 Å². The second-order valence-corrected chi connectivity index (χ2v) is 10.9. The first-order valence-corrected chi connectivity index (χ1v) is 13.7. The molecule has 5 aromatic heterocycles. The number of hydrogen-bond acceptors (Lipinski definition) is 6. The molecule has 13 heteroatoms. The number of hydrogen-bond donors (Lipinski definition) is 1. The molecule has 0 spiro atoms. The van der Waals surface area contributed by atoms with Gasteiger partial charge in [-0.2, -0.15) is 28.5 Å². The van der Waals surface area contributed by atoms with Gasteiger partial charge in [-0.25, -0.2) is 14.6 Å². The molecule has 1 saturated carbocycles. The van der Waals surface area contributed by atoms with E-state index in [0.717, 1.165) is 56.9 Å². The number of nitrogens with zero attached hydrogens (tertiary/aromatic N) is 9. The van der Waals surface area contributed by atoms with Crippen molar-refractivity contribution >= 4 is 21.9 Å². The number of imidazole rings is 1. The van der Waals surface area contributed by atoms with E-state index in [2.05, 4.69) is 19.9 Å². The molecule has 5 heterocycles. The van der Waals surface area contributed by atoms with Gasteiger partial charge in [-0.3, -0.25) is 9.36 Å². The van der Waals surface area contributed by atoms with Crippen LogP contribution < -0.4 is 0 Å². The standard InChI is InChI=1S/C29H28F3N9O/c1-5-21(42)24-18(11-16-13-38(2)37-27(16)33-24)28-34-25(26(39(28)3)15-9-10-15)17-7-6-8-20-19(17)14-41(35-20)23-12-22(29(30,31)32)40(4)36-23/h6-8,11-15,21,42H,5,9-10H2,1-4H3. The number of aryl methyl sites for hydroxylation is 2. The summed E-state index contributed by atoms with van der Waals surface area (Å²) in [5, 5.41) is 25.6. The molecule has 10 nitrogen and oxygen atoms in total. The molecule has 0 aliphatic heterocycles. The smallest absolute Gasteiger partial charge is 0.387 e. The summed E-state index contributed by atoms with van der Waals surface area (Å²) >= 11 is 0. The van der Waals surface area contributed by atoms with E-state index in [1.165, 1.54) is 11.7 Å². The first-order chi connectivity index (χ1) is 20.0. The monoisotopic (exact) mass is 575 g/mol. The van der Waals surface area contributed by atoms with Crippen molar-refractivity contribution in [2.75, 3.05) is 0 Å². The molecule has 0 radical (unpaired) electrons. The molecule has 1 aliphatic carbocycles. The molecule has 42 heavy (non-hydrogen) atoms. The summed E-state index contributed by atoms with van der Waals surface area (Å²) < 4.78 is 46.3. The molecule has 7 rings (SSSR count). The van der Waals surface area contributed by atoms with Crippen LogP contribution in [0, 0.1) is 0 Å².